The molecular weight excluding hydrogens is 333 g/mol. The second-order valence-corrected chi connectivity index (χ2v) is 6.36. The van der Waals surface area contributed by atoms with E-state index in [0.29, 0.717) is 16.6 Å². The van der Waals surface area contributed by atoms with Gasteiger partial charge in [0.2, 0.25) is 0 Å². The smallest absolute Gasteiger partial charge is 0.144 e. The lowest BCUT2D eigenvalue weighted by atomic mass is 9.91. The van der Waals surface area contributed by atoms with Crippen molar-refractivity contribution in [2.24, 2.45) is 0 Å². The van der Waals surface area contributed by atoms with Gasteiger partial charge in [0.25, 0.3) is 0 Å². The minimum Gasteiger partial charge on any atom is -0.354 e. The maximum absolute atomic E-state index is 6.36. The first-order valence-electron chi connectivity index (χ1n) is 7.20. The number of benzene rings is 2. The molecule has 2 unspecified atom stereocenters. The van der Waals surface area contributed by atoms with Crippen LogP contribution in [0, 0.1) is 0 Å². The number of ether oxygens (including phenoxy) is 1. The summed E-state index contributed by atoms with van der Waals surface area (Å²) in [5.74, 6) is 0. The lowest BCUT2D eigenvalue weighted by Gasteiger charge is -2.14. The topological polar surface area (TPSA) is 43.2 Å². The first-order valence-corrected chi connectivity index (χ1v) is 7.95. The first kappa shape index (κ1) is 14.7. The molecule has 6 heteroatoms. The van der Waals surface area contributed by atoms with Crippen LogP contribution in [0.1, 0.15) is 17.2 Å². The SMILES string of the molecule is Clc1ccc(C2OC2(Cn2cncn2)c2ccccc2)c(Cl)c1. The van der Waals surface area contributed by atoms with E-state index in [-0.39, 0.29) is 6.10 Å². The fourth-order valence-corrected chi connectivity index (χ4v) is 3.42. The molecule has 1 aliphatic rings. The highest BCUT2D eigenvalue weighted by molar-refractivity contribution is 6.35. The summed E-state index contributed by atoms with van der Waals surface area (Å²) in [6.07, 6.45) is 3.07. The molecule has 0 radical (unpaired) electrons. The van der Waals surface area contributed by atoms with Gasteiger partial charge in [0.15, 0.2) is 0 Å². The molecule has 116 valence electrons. The van der Waals surface area contributed by atoms with Crippen molar-refractivity contribution in [1.82, 2.24) is 14.8 Å². The second kappa shape index (κ2) is 5.64. The summed E-state index contributed by atoms with van der Waals surface area (Å²) in [4.78, 5) is 4.01. The van der Waals surface area contributed by atoms with Crippen LogP contribution < -0.4 is 0 Å². The number of hydrogen-bond acceptors (Lipinski definition) is 3. The summed E-state index contributed by atoms with van der Waals surface area (Å²) in [7, 11) is 0. The number of halogens is 2. The molecular formula is C17H13Cl2N3O. The predicted molar refractivity (Wildman–Crippen MR) is 88.4 cm³/mol. The van der Waals surface area contributed by atoms with Crippen molar-refractivity contribution in [3.05, 3.63) is 82.4 Å². The van der Waals surface area contributed by atoms with Crippen LogP contribution >= 0.6 is 23.2 Å². The van der Waals surface area contributed by atoms with Gasteiger partial charge in [-0.1, -0.05) is 59.6 Å². The molecule has 1 aromatic heterocycles. The van der Waals surface area contributed by atoms with Crippen molar-refractivity contribution < 1.29 is 4.74 Å². The van der Waals surface area contributed by atoms with Crippen molar-refractivity contribution in [2.45, 2.75) is 18.2 Å². The van der Waals surface area contributed by atoms with Crippen LogP contribution in [0.5, 0.6) is 0 Å². The lowest BCUT2D eigenvalue weighted by molar-refractivity contribution is 0.262. The van der Waals surface area contributed by atoms with Crippen molar-refractivity contribution in [3.8, 4) is 0 Å². The summed E-state index contributed by atoms with van der Waals surface area (Å²) in [5.41, 5.74) is 1.53. The van der Waals surface area contributed by atoms with Crippen LogP contribution in [0.4, 0.5) is 0 Å². The highest BCUT2D eigenvalue weighted by Gasteiger charge is 2.59. The molecule has 0 saturated carbocycles. The van der Waals surface area contributed by atoms with Gasteiger partial charge in [-0.05, 0) is 17.7 Å². The summed E-state index contributed by atoms with van der Waals surface area (Å²) in [6.45, 7) is 0.570. The van der Waals surface area contributed by atoms with Crippen molar-refractivity contribution in [1.29, 1.82) is 0 Å². The fraction of sp³-hybridized carbons (Fsp3) is 0.176. The zero-order chi connectivity index (χ0) is 15.9. The molecule has 1 saturated heterocycles. The van der Waals surface area contributed by atoms with Crippen LogP contribution in [0.3, 0.4) is 0 Å². The Balaban J connectivity index is 1.74. The molecule has 23 heavy (non-hydrogen) atoms. The summed E-state index contributed by atoms with van der Waals surface area (Å²) < 4.78 is 7.93. The normalized spacial score (nSPS) is 23.0. The third-order valence-electron chi connectivity index (χ3n) is 4.07. The Morgan fingerprint density at radius 3 is 2.65 bits per heavy atom. The molecule has 0 amide bonds. The second-order valence-electron chi connectivity index (χ2n) is 5.51. The molecule has 0 aliphatic carbocycles. The molecule has 4 nitrogen and oxygen atoms in total. The third kappa shape index (κ3) is 2.63. The lowest BCUT2D eigenvalue weighted by Crippen LogP contribution is -2.19. The molecule has 0 N–H and O–H groups in total. The van der Waals surface area contributed by atoms with E-state index in [0.717, 1.165) is 11.1 Å². The maximum atomic E-state index is 6.36. The number of nitrogens with zero attached hydrogens (tertiary/aromatic N) is 3. The van der Waals surface area contributed by atoms with Gasteiger partial charge in [-0.3, -0.25) is 0 Å². The molecule has 2 atom stereocenters. The Morgan fingerprint density at radius 2 is 1.96 bits per heavy atom. The van der Waals surface area contributed by atoms with E-state index in [2.05, 4.69) is 22.2 Å². The highest BCUT2D eigenvalue weighted by Crippen LogP contribution is 2.59. The molecule has 2 heterocycles. The molecule has 0 bridgehead atoms. The van der Waals surface area contributed by atoms with E-state index < -0.39 is 5.60 Å². The average Bonchev–Trinajstić information content (AvgIpc) is 3.02. The van der Waals surface area contributed by atoms with Gasteiger partial charge >= 0.3 is 0 Å². The number of hydrogen-bond donors (Lipinski definition) is 0. The van der Waals surface area contributed by atoms with Gasteiger partial charge in [0.1, 0.15) is 24.4 Å². The standard InChI is InChI=1S/C17H13Cl2N3O/c18-13-6-7-14(15(19)8-13)16-17(23-16,9-22-11-20-10-21-22)12-4-2-1-3-5-12/h1-8,10-11,16H,9H2. The Kier molecular flexibility index (Phi) is 3.60. The van der Waals surface area contributed by atoms with Gasteiger partial charge in [0, 0.05) is 15.6 Å². The Bertz CT molecular complexity index is 823. The van der Waals surface area contributed by atoms with Crippen LogP contribution in [0.15, 0.2) is 61.2 Å². The highest BCUT2D eigenvalue weighted by atomic mass is 35.5. The Hall–Kier alpha value is -1.88. The van der Waals surface area contributed by atoms with Crippen molar-refractivity contribution >= 4 is 23.2 Å². The Labute approximate surface area is 143 Å². The minimum atomic E-state index is -0.494. The minimum absolute atomic E-state index is 0.140. The quantitative estimate of drug-likeness (QED) is 0.663. The summed E-state index contributed by atoms with van der Waals surface area (Å²) in [6, 6.07) is 15.6. The Morgan fingerprint density at radius 1 is 1.13 bits per heavy atom. The maximum Gasteiger partial charge on any atom is 0.144 e. The molecule has 2 aromatic carbocycles. The van der Waals surface area contributed by atoms with Crippen LogP contribution in [-0.2, 0) is 16.9 Å². The largest absolute Gasteiger partial charge is 0.354 e. The molecule has 1 aliphatic heterocycles. The zero-order valence-corrected chi connectivity index (χ0v) is 13.6. The van der Waals surface area contributed by atoms with Gasteiger partial charge in [-0.15, -0.1) is 0 Å². The molecule has 4 rings (SSSR count). The fourth-order valence-electron chi connectivity index (χ4n) is 2.91. The molecule has 1 fully saturated rings. The van der Waals surface area contributed by atoms with Gasteiger partial charge in [-0.2, -0.15) is 5.10 Å². The van der Waals surface area contributed by atoms with E-state index in [1.54, 1.807) is 17.1 Å². The number of rotatable bonds is 4. The van der Waals surface area contributed by atoms with E-state index in [4.69, 9.17) is 27.9 Å². The van der Waals surface area contributed by atoms with E-state index in [9.17, 15) is 0 Å². The summed E-state index contributed by atoms with van der Waals surface area (Å²) >= 11 is 12.4. The van der Waals surface area contributed by atoms with Crippen LogP contribution in [-0.4, -0.2) is 14.8 Å². The number of aromatic nitrogens is 3. The van der Waals surface area contributed by atoms with Gasteiger partial charge < -0.3 is 4.74 Å². The first-order chi connectivity index (χ1) is 11.2. The van der Waals surface area contributed by atoms with E-state index in [1.807, 2.05) is 30.3 Å². The summed E-state index contributed by atoms with van der Waals surface area (Å²) in [5, 5.41) is 5.43. The molecule has 0 spiro atoms. The van der Waals surface area contributed by atoms with E-state index >= 15 is 0 Å². The van der Waals surface area contributed by atoms with Crippen molar-refractivity contribution in [3.63, 3.8) is 0 Å². The van der Waals surface area contributed by atoms with Crippen LogP contribution in [0.25, 0.3) is 0 Å². The van der Waals surface area contributed by atoms with E-state index in [1.165, 1.54) is 6.33 Å². The average molecular weight is 346 g/mol. The zero-order valence-electron chi connectivity index (χ0n) is 12.1. The van der Waals surface area contributed by atoms with Crippen LogP contribution in [0.2, 0.25) is 10.0 Å². The number of epoxide rings is 1. The predicted octanol–water partition coefficient (Wildman–Crippen LogP) is 4.25. The van der Waals surface area contributed by atoms with Crippen molar-refractivity contribution in [2.75, 3.05) is 0 Å². The van der Waals surface area contributed by atoms with Gasteiger partial charge in [-0.25, -0.2) is 9.67 Å². The molecule has 3 aromatic rings. The monoisotopic (exact) mass is 345 g/mol. The third-order valence-corrected chi connectivity index (χ3v) is 4.63. The van der Waals surface area contributed by atoms with Gasteiger partial charge in [0.05, 0.1) is 6.54 Å².